The van der Waals surface area contributed by atoms with E-state index in [4.69, 9.17) is 0 Å². The summed E-state index contributed by atoms with van der Waals surface area (Å²) in [7, 11) is 0. The predicted octanol–water partition coefficient (Wildman–Crippen LogP) is 1.86. The first kappa shape index (κ1) is 16.7. The van der Waals surface area contributed by atoms with Gasteiger partial charge in [-0.25, -0.2) is 9.37 Å². The molecule has 0 saturated carbocycles. The number of pyridine rings is 2. The van der Waals surface area contributed by atoms with Gasteiger partial charge in [0.2, 0.25) is 0 Å². The molecule has 0 spiro atoms. The van der Waals surface area contributed by atoms with Crippen LogP contribution in [0.2, 0.25) is 0 Å². The molecule has 1 fully saturated rings. The van der Waals surface area contributed by atoms with E-state index in [0.717, 1.165) is 43.1 Å². The summed E-state index contributed by atoms with van der Waals surface area (Å²) in [5.74, 6) is -0.318. The van der Waals surface area contributed by atoms with Crippen molar-refractivity contribution in [3.05, 3.63) is 70.3 Å². The van der Waals surface area contributed by atoms with E-state index in [1.165, 1.54) is 12.3 Å². The van der Waals surface area contributed by atoms with Crippen molar-refractivity contribution in [2.75, 3.05) is 31.1 Å². The van der Waals surface area contributed by atoms with Crippen molar-refractivity contribution in [3.63, 3.8) is 0 Å². The second kappa shape index (κ2) is 6.84. The maximum Gasteiger partial charge on any atom is 0.258 e. The number of fused-ring (bicyclic) bond motifs is 1. The number of hydrogen-bond donors (Lipinski definition) is 0. The minimum Gasteiger partial charge on any atom is -0.368 e. The van der Waals surface area contributed by atoms with Crippen LogP contribution in [-0.4, -0.2) is 45.4 Å². The molecule has 0 radical (unpaired) electrons. The van der Waals surface area contributed by atoms with E-state index in [9.17, 15) is 9.18 Å². The highest BCUT2D eigenvalue weighted by atomic mass is 19.1. The number of aromatic nitrogens is 3. The lowest BCUT2D eigenvalue weighted by molar-refractivity contribution is 0.247. The molecule has 0 bridgehead atoms. The molecule has 6 nitrogen and oxygen atoms in total. The quantitative estimate of drug-likeness (QED) is 0.719. The molecular formula is C19H20FN5O. The summed E-state index contributed by atoms with van der Waals surface area (Å²) in [5, 5.41) is 0. The van der Waals surface area contributed by atoms with Crippen LogP contribution in [0.15, 0.2) is 47.7 Å². The summed E-state index contributed by atoms with van der Waals surface area (Å²) < 4.78 is 14.9. The second-order valence-electron chi connectivity index (χ2n) is 6.60. The number of hydrogen-bond acceptors (Lipinski definition) is 5. The molecule has 0 aliphatic carbocycles. The molecule has 0 unspecified atom stereocenters. The van der Waals surface area contributed by atoms with Crippen molar-refractivity contribution < 1.29 is 4.39 Å². The molecule has 4 heterocycles. The van der Waals surface area contributed by atoms with Gasteiger partial charge in [-0.3, -0.25) is 19.1 Å². The van der Waals surface area contributed by atoms with Crippen LogP contribution < -0.4 is 10.5 Å². The molecule has 0 aromatic carbocycles. The Morgan fingerprint density at radius 1 is 1.15 bits per heavy atom. The van der Waals surface area contributed by atoms with Gasteiger partial charge in [-0.15, -0.1) is 0 Å². The van der Waals surface area contributed by atoms with Crippen molar-refractivity contribution in [1.29, 1.82) is 0 Å². The van der Waals surface area contributed by atoms with Crippen LogP contribution in [0.3, 0.4) is 0 Å². The standard InChI is InChI=1S/C19H20FN5O/c1-14-3-2-4-25-18(26)10-16(22-19(14)25)13-23-5-7-24(8-6-23)17-9-15(20)11-21-12-17/h2-4,9-12H,5-8,13H2,1H3. The summed E-state index contributed by atoms with van der Waals surface area (Å²) in [4.78, 5) is 25.3. The Labute approximate surface area is 150 Å². The zero-order valence-corrected chi connectivity index (χ0v) is 14.6. The third-order valence-electron chi connectivity index (χ3n) is 4.75. The fourth-order valence-corrected chi connectivity index (χ4v) is 3.36. The molecule has 1 saturated heterocycles. The van der Waals surface area contributed by atoms with Crippen molar-refractivity contribution in [2.24, 2.45) is 0 Å². The minimum absolute atomic E-state index is 0.0572. The Morgan fingerprint density at radius 3 is 2.73 bits per heavy atom. The van der Waals surface area contributed by atoms with Gasteiger partial charge in [0, 0.05) is 51.1 Å². The lowest BCUT2D eigenvalue weighted by Gasteiger charge is -2.35. The first-order valence-corrected chi connectivity index (χ1v) is 8.66. The van der Waals surface area contributed by atoms with Crippen molar-refractivity contribution in [2.45, 2.75) is 13.5 Å². The Morgan fingerprint density at radius 2 is 1.96 bits per heavy atom. The highest BCUT2D eigenvalue weighted by Crippen LogP contribution is 2.17. The molecule has 1 aliphatic heterocycles. The Kier molecular flexibility index (Phi) is 4.38. The average Bonchev–Trinajstić information content (AvgIpc) is 2.63. The minimum atomic E-state index is -0.318. The highest BCUT2D eigenvalue weighted by molar-refractivity contribution is 5.47. The van der Waals surface area contributed by atoms with Gasteiger partial charge in [-0.05, 0) is 18.6 Å². The van der Waals surface area contributed by atoms with Crippen LogP contribution >= 0.6 is 0 Å². The van der Waals surface area contributed by atoms with Crippen molar-refractivity contribution in [3.8, 4) is 0 Å². The van der Waals surface area contributed by atoms with Crippen LogP contribution in [0.4, 0.5) is 10.1 Å². The summed E-state index contributed by atoms with van der Waals surface area (Å²) in [6, 6.07) is 6.93. The molecule has 3 aromatic rings. The van der Waals surface area contributed by atoms with Crippen LogP contribution in [0.25, 0.3) is 5.65 Å². The van der Waals surface area contributed by atoms with E-state index in [0.29, 0.717) is 12.2 Å². The van der Waals surface area contributed by atoms with Crippen LogP contribution in [0.1, 0.15) is 11.3 Å². The Bertz CT molecular complexity index is 995. The Balaban J connectivity index is 1.47. The summed E-state index contributed by atoms with van der Waals surface area (Å²) in [6.45, 7) is 5.82. The number of anilines is 1. The monoisotopic (exact) mass is 353 g/mol. The molecule has 1 aliphatic rings. The topological polar surface area (TPSA) is 53.7 Å². The molecule has 3 aromatic heterocycles. The molecule has 26 heavy (non-hydrogen) atoms. The fraction of sp³-hybridized carbons (Fsp3) is 0.316. The highest BCUT2D eigenvalue weighted by Gasteiger charge is 2.19. The molecule has 0 amide bonds. The molecule has 4 rings (SSSR count). The molecule has 134 valence electrons. The number of piperazine rings is 1. The molecule has 0 N–H and O–H groups in total. The third-order valence-corrected chi connectivity index (χ3v) is 4.75. The predicted molar refractivity (Wildman–Crippen MR) is 97.9 cm³/mol. The van der Waals surface area contributed by atoms with Gasteiger partial charge in [0.05, 0.1) is 23.8 Å². The molecule has 7 heteroatoms. The SMILES string of the molecule is Cc1cccn2c(=O)cc(CN3CCN(c4cncc(F)c4)CC3)nc12. The van der Waals surface area contributed by atoms with E-state index in [-0.39, 0.29) is 11.4 Å². The fourth-order valence-electron chi connectivity index (χ4n) is 3.36. The van der Waals surface area contributed by atoms with E-state index < -0.39 is 0 Å². The molecular weight excluding hydrogens is 333 g/mol. The van der Waals surface area contributed by atoms with Crippen LogP contribution in [0, 0.1) is 12.7 Å². The number of nitrogens with zero attached hydrogens (tertiary/aromatic N) is 5. The first-order chi connectivity index (χ1) is 12.6. The maximum atomic E-state index is 13.3. The number of halogens is 1. The van der Waals surface area contributed by atoms with Gasteiger partial charge in [0.25, 0.3) is 5.56 Å². The first-order valence-electron chi connectivity index (χ1n) is 8.66. The van der Waals surface area contributed by atoms with E-state index in [2.05, 4.69) is 19.8 Å². The van der Waals surface area contributed by atoms with E-state index in [1.54, 1.807) is 22.9 Å². The van der Waals surface area contributed by atoms with Crippen molar-refractivity contribution >= 4 is 11.3 Å². The van der Waals surface area contributed by atoms with Gasteiger partial charge in [0.15, 0.2) is 0 Å². The van der Waals surface area contributed by atoms with Gasteiger partial charge in [-0.2, -0.15) is 0 Å². The number of rotatable bonds is 3. The lowest BCUT2D eigenvalue weighted by Crippen LogP contribution is -2.46. The normalized spacial score (nSPS) is 15.5. The zero-order chi connectivity index (χ0) is 18.1. The van der Waals surface area contributed by atoms with Crippen molar-refractivity contribution in [1.82, 2.24) is 19.3 Å². The van der Waals surface area contributed by atoms with Gasteiger partial charge in [0.1, 0.15) is 11.5 Å². The van der Waals surface area contributed by atoms with E-state index in [1.807, 2.05) is 19.1 Å². The summed E-state index contributed by atoms with van der Waals surface area (Å²) >= 11 is 0. The smallest absolute Gasteiger partial charge is 0.258 e. The van der Waals surface area contributed by atoms with Gasteiger partial charge < -0.3 is 4.90 Å². The van der Waals surface area contributed by atoms with Gasteiger partial charge >= 0.3 is 0 Å². The summed E-state index contributed by atoms with van der Waals surface area (Å²) in [6.07, 6.45) is 4.65. The largest absolute Gasteiger partial charge is 0.368 e. The van der Waals surface area contributed by atoms with E-state index >= 15 is 0 Å². The third kappa shape index (κ3) is 3.30. The summed E-state index contributed by atoms with van der Waals surface area (Å²) in [5.41, 5.74) is 3.22. The zero-order valence-electron chi connectivity index (χ0n) is 14.6. The average molecular weight is 353 g/mol. The lowest BCUT2D eigenvalue weighted by atomic mass is 10.2. The Hall–Kier alpha value is -2.80. The van der Waals surface area contributed by atoms with Crippen LogP contribution in [0.5, 0.6) is 0 Å². The second-order valence-corrected chi connectivity index (χ2v) is 6.60. The van der Waals surface area contributed by atoms with Gasteiger partial charge in [-0.1, -0.05) is 6.07 Å². The number of aryl methyl sites for hydroxylation is 1. The maximum absolute atomic E-state index is 13.3. The van der Waals surface area contributed by atoms with Crippen LogP contribution in [-0.2, 0) is 6.54 Å². The molecule has 0 atom stereocenters.